The molecular formula is C12H25NOS. The number of rotatable bonds is 5. The summed E-state index contributed by atoms with van der Waals surface area (Å²) in [5.74, 6) is 2.06. The van der Waals surface area contributed by atoms with Crippen molar-refractivity contribution in [1.29, 1.82) is 0 Å². The van der Waals surface area contributed by atoms with Crippen molar-refractivity contribution >= 4 is 10.8 Å². The number of hydrogen-bond acceptors (Lipinski definition) is 2. The molecule has 1 rings (SSSR count). The van der Waals surface area contributed by atoms with Crippen LogP contribution in [0.15, 0.2) is 0 Å². The third-order valence-electron chi connectivity index (χ3n) is 3.84. The number of nitrogens with one attached hydrogen (secondary N) is 1. The Kier molecular flexibility index (Phi) is 5.27. The van der Waals surface area contributed by atoms with Gasteiger partial charge in [-0.25, -0.2) is 0 Å². The van der Waals surface area contributed by atoms with Gasteiger partial charge in [0.15, 0.2) is 0 Å². The molecule has 0 bridgehead atoms. The van der Waals surface area contributed by atoms with Gasteiger partial charge in [0.25, 0.3) is 0 Å². The predicted molar refractivity (Wildman–Crippen MR) is 67.5 cm³/mol. The molecule has 1 N–H and O–H groups in total. The lowest BCUT2D eigenvalue weighted by Gasteiger charge is -2.21. The molecule has 5 atom stereocenters. The summed E-state index contributed by atoms with van der Waals surface area (Å²) in [5, 5.41) is 3.76. The van der Waals surface area contributed by atoms with Crippen LogP contribution in [0.1, 0.15) is 40.0 Å². The van der Waals surface area contributed by atoms with Gasteiger partial charge in [0, 0.05) is 27.8 Å². The smallest absolute Gasteiger partial charge is 0.0389 e. The van der Waals surface area contributed by atoms with E-state index in [-0.39, 0.29) is 0 Å². The van der Waals surface area contributed by atoms with Crippen LogP contribution in [0.25, 0.3) is 0 Å². The Morgan fingerprint density at radius 1 is 1.47 bits per heavy atom. The van der Waals surface area contributed by atoms with Crippen molar-refractivity contribution < 1.29 is 4.21 Å². The Morgan fingerprint density at radius 2 is 2.13 bits per heavy atom. The normalized spacial score (nSPS) is 35.3. The summed E-state index contributed by atoms with van der Waals surface area (Å²) in [4.78, 5) is 0. The molecule has 0 spiro atoms. The quantitative estimate of drug-likeness (QED) is 0.785. The minimum absolute atomic E-state index is 0.427. The van der Waals surface area contributed by atoms with Crippen molar-refractivity contribution in [3.05, 3.63) is 0 Å². The Hall–Kier alpha value is 0.110. The van der Waals surface area contributed by atoms with E-state index in [1.54, 1.807) is 0 Å². The van der Waals surface area contributed by atoms with Gasteiger partial charge in [0.2, 0.25) is 0 Å². The van der Waals surface area contributed by atoms with E-state index in [1.165, 1.54) is 6.42 Å². The average molecular weight is 231 g/mol. The van der Waals surface area contributed by atoms with Crippen LogP contribution in [0.3, 0.4) is 0 Å². The molecule has 0 radical (unpaired) electrons. The van der Waals surface area contributed by atoms with Gasteiger partial charge >= 0.3 is 0 Å². The maximum absolute atomic E-state index is 12.2. The molecule has 0 amide bonds. The van der Waals surface area contributed by atoms with E-state index >= 15 is 0 Å². The highest BCUT2D eigenvalue weighted by molar-refractivity contribution is 7.85. The van der Waals surface area contributed by atoms with Crippen LogP contribution in [-0.4, -0.2) is 28.3 Å². The molecule has 0 aliphatic heterocycles. The zero-order valence-corrected chi connectivity index (χ0v) is 11.3. The first-order valence-corrected chi connectivity index (χ1v) is 7.52. The molecule has 2 nitrogen and oxygen atoms in total. The predicted octanol–water partition coefficient (Wildman–Crippen LogP) is 2.17. The largest absolute Gasteiger partial charge is 0.317 e. The first kappa shape index (κ1) is 13.2. The van der Waals surface area contributed by atoms with Crippen molar-refractivity contribution in [1.82, 2.24) is 5.32 Å². The van der Waals surface area contributed by atoms with E-state index in [1.807, 2.05) is 7.05 Å². The third kappa shape index (κ3) is 3.28. The highest BCUT2D eigenvalue weighted by Crippen LogP contribution is 2.30. The summed E-state index contributed by atoms with van der Waals surface area (Å²) < 4.78 is 12.2. The molecule has 1 aliphatic rings. The third-order valence-corrected chi connectivity index (χ3v) is 6.08. The van der Waals surface area contributed by atoms with E-state index < -0.39 is 10.8 Å². The van der Waals surface area contributed by atoms with E-state index in [4.69, 9.17) is 0 Å². The summed E-state index contributed by atoms with van der Waals surface area (Å²) in [5.41, 5.74) is 0. The lowest BCUT2D eigenvalue weighted by molar-refractivity contribution is 0.459. The lowest BCUT2D eigenvalue weighted by atomic mass is 10.1. The highest BCUT2D eigenvalue weighted by atomic mass is 32.2. The monoisotopic (exact) mass is 231 g/mol. The minimum Gasteiger partial charge on any atom is -0.317 e. The van der Waals surface area contributed by atoms with Crippen LogP contribution in [0.2, 0.25) is 0 Å². The highest BCUT2D eigenvalue weighted by Gasteiger charge is 2.35. The Labute approximate surface area is 96.7 Å². The van der Waals surface area contributed by atoms with E-state index in [0.29, 0.717) is 23.1 Å². The van der Waals surface area contributed by atoms with Crippen molar-refractivity contribution in [3.8, 4) is 0 Å². The summed E-state index contributed by atoms with van der Waals surface area (Å²) in [6, 6.07) is 0.580. The standard InChI is InChI=1S/C12H25NOS/c1-5-9(2)8-15(14)12-7-6-11(13-4)10(12)3/h9-13H,5-8H2,1-4H3. The van der Waals surface area contributed by atoms with Gasteiger partial charge in [0.1, 0.15) is 0 Å². The lowest BCUT2D eigenvalue weighted by Crippen LogP contribution is -2.33. The van der Waals surface area contributed by atoms with Gasteiger partial charge in [-0.2, -0.15) is 0 Å². The van der Waals surface area contributed by atoms with Crippen molar-refractivity contribution in [3.63, 3.8) is 0 Å². The first-order chi connectivity index (χ1) is 7.10. The van der Waals surface area contributed by atoms with Crippen LogP contribution in [0, 0.1) is 11.8 Å². The number of hydrogen-bond donors (Lipinski definition) is 1. The van der Waals surface area contributed by atoms with Crippen LogP contribution >= 0.6 is 0 Å². The molecule has 0 saturated heterocycles. The van der Waals surface area contributed by atoms with Crippen LogP contribution in [0.4, 0.5) is 0 Å². The molecule has 1 saturated carbocycles. The summed E-state index contributed by atoms with van der Waals surface area (Å²) >= 11 is 0. The summed E-state index contributed by atoms with van der Waals surface area (Å²) in [6.45, 7) is 6.62. The first-order valence-electron chi connectivity index (χ1n) is 6.14. The average Bonchev–Trinajstić information content (AvgIpc) is 2.59. The minimum atomic E-state index is -0.618. The van der Waals surface area contributed by atoms with Crippen molar-refractivity contribution in [2.24, 2.45) is 11.8 Å². The van der Waals surface area contributed by atoms with Crippen molar-refractivity contribution in [2.45, 2.75) is 51.3 Å². The molecule has 0 aromatic carbocycles. The fourth-order valence-corrected chi connectivity index (χ4v) is 4.54. The zero-order chi connectivity index (χ0) is 11.4. The van der Waals surface area contributed by atoms with E-state index in [9.17, 15) is 4.21 Å². The Balaban J connectivity index is 2.47. The summed E-state index contributed by atoms with van der Waals surface area (Å²) in [7, 11) is 1.40. The van der Waals surface area contributed by atoms with Crippen LogP contribution in [0.5, 0.6) is 0 Å². The van der Waals surface area contributed by atoms with E-state index in [2.05, 4.69) is 26.1 Å². The van der Waals surface area contributed by atoms with Crippen LogP contribution in [-0.2, 0) is 10.8 Å². The van der Waals surface area contributed by atoms with Gasteiger partial charge in [-0.1, -0.05) is 27.2 Å². The van der Waals surface area contributed by atoms with Crippen LogP contribution < -0.4 is 5.32 Å². The molecule has 0 aromatic rings. The fourth-order valence-electron chi connectivity index (χ4n) is 2.43. The topological polar surface area (TPSA) is 29.1 Å². The Bertz CT molecular complexity index is 220. The summed E-state index contributed by atoms with van der Waals surface area (Å²) in [6.07, 6.45) is 3.46. The molecule has 90 valence electrons. The maximum atomic E-state index is 12.2. The zero-order valence-electron chi connectivity index (χ0n) is 10.5. The second kappa shape index (κ2) is 6.00. The van der Waals surface area contributed by atoms with Crippen molar-refractivity contribution in [2.75, 3.05) is 12.8 Å². The second-order valence-electron chi connectivity index (χ2n) is 4.93. The Morgan fingerprint density at radius 3 is 2.60 bits per heavy atom. The molecule has 5 unspecified atom stereocenters. The molecule has 15 heavy (non-hydrogen) atoms. The molecule has 1 aliphatic carbocycles. The van der Waals surface area contributed by atoms with Gasteiger partial charge in [0.05, 0.1) is 0 Å². The molecular weight excluding hydrogens is 206 g/mol. The SMILES string of the molecule is CCC(C)CS(=O)C1CCC(NC)C1C. The van der Waals surface area contributed by atoms with E-state index in [0.717, 1.165) is 18.6 Å². The van der Waals surface area contributed by atoms with Gasteiger partial charge < -0.3 is 5.32 Å². The van der Waals surface area contributed by atoms with Gasteiger partial charge in [-0.15, -0.1) is 0 Å². The molecule has 0 aromatic heterocycles. The van der Waals surface area contributed by atoms with Gasteiger partial charge in [-0.3, -0.25) is 4.21 Å². The molecule has 3 heteroatoms. The molecule has 1 fully saturated rings. The fraction of sp³-hybridized carbons (Fsp3) is 1.00. The maximum Gasteiger partial charge on any atom is 0.0389 e. The van der Waals surface area contributed by atoms with Gasteiger partial charge in [-0.05, 0) is 31.7 Å². The molecule has 0 heterocycles. The second-order valence-corrected chi connectivity index (χ2v) is 6.63.